The first kappa shape index (κ1) is 18.5. The number of nitrogens with one attached hydrogen (secondary N) is 1. The monoisotopic (exact) mass is 375 g/mol. The van der Waals surface area contributed by atoms with Crippen molar-refractivity contribution in [3.8, 4) is 11.5 Å². The summed E-state index contributed by atoms with van der Waals surface area (Å²) in [5.74, 6) is 1.02. The Morgan fingerprint density at radius 1 is 0.893 bits per heavy atom. The Labute approximate surface area is 165 Å². The number of aliphatic hydroxyl groups excluding tert-OH is 1. The van der Waals surface area contributed by atoms with E-state index in [0.29, 0.717) is 6.42 Å². The number of hydrogen-bond donors (Lipinski definition) is 3. The lowest BCUT2D eigenvalue weighted by Crippen LogP contribution is -2.37. The van der Waals surface area contributed by atoms with Gasteiger partial charge in [0.25, 0.3) is 0 Å². The van der Waals surface area contributed by atoms with E-state index in [1.54, 1.807) is 12.1 Å². The zero-order valence-electron chi connectivity index (χ0n) is 15.7. The second-order valence-corrected chi connectivity index (χ2v) is 7.21. The Morgan fingerprint density at radius 3 is 2.39 bits per heavy atom. The fourth-order valence-electron chi connectivity index (χ4n) is 3.74. The molecule has 144 valence electrons. The van der Waals surface area contributed by atoms with Gasteiger partial charge in [-0.15, -0.1) is 0 Å². The van der Waals surface area contributed by atoms with Crippen molar-refractivity contribution in [1.29, 1.82) is 0 Å². The number of benzene rings is 3. The normalized spacial score (nSPS) is 21.4. The van der Waals surface area contributed by atoms with Crippen molar-refractivity contribution in [1.82, 2.24) is 5.32 Å². The number of aliphatic hydroxyl groups is 1. The molecule has 0 saturated heterocycles. The van der Waals surface area contributed by atoms with Gasteiger partial charge in [-0.25, -0.2) is 0 Å². The summed E-state index contributed by atoms with van der Waals surface area (Å²) in [4.78, 5) is 0. The van der Waals surface area contributed by atoms with Crippen LogP contribution in [0.2, 0.25) is 0 Å². The highest BCUT2D eigenvalue weighted by Gasteiger charge is 2.32. The molecule has 3 atom stereocenters. The third kappa shape index (κ3) is 4.19. The van der Waals surface area contributed by atoms with Crippen molar-refractivity contribution in [2.24, 2.45) is 0 Å². The molecule has 4 rings (SSSR count). The lowest BCUT2D eigenvalue weighted by atomic mass is 9.95. The van der Waals surface area contributed by atoms with Crippen molar-refractivity contribution in [2.75, 3.05) is 6.54 Å². The van der Waals surface area contributed by atoms with Crippen LogP contribution in [0.1, 0.15) is 35.3 Å². The van der Waals surface area contributed by atoms with Crippen LogP contribution < -0.4 is 10.1 Å². The maximum Gasteiger partial charge on any atom is 0.126 e. The van der Waals surface area contributed by atoms with Gasteiger partial charge in [0.05, 0.1) is 6.10 Å². The van der Waals surface area contributed by atoms with E-state index in [1.165, 1.54) is 0 Å². The number of ether oxygens (including phenoxy) is 1. The molecule has 3 N–H and O–H groups in total. The van der Waals surface area contributed by atoms with Gasteiger partial charge in [0.15, 0.2) is 0 Å². The van der Waals surface area contributed by atoms with Gasteiger partial charge in [0.2, 0.25) is 0 Å². The third-order valence-corrected chi connectivity index (χ3v) is 5.28. The van der Waals surface area contributed by atoms with E-state index < -0.39 is 6.10 Å². The van der Waals surface area contributed by atoms with Gasteiger partial charge >= 0.3 is 0 Å². The van der Waals surface area contributed by atoms with Crippen LogP contribution in [-0.4, -0.2) is 22.8 Å². The van der Waals surface area contributed by atoms with Gasteiger partial charge in [-0.2, -0.15) is 0 Å². The van der Waals surface area contributed by atoms with E-state index in [4.69, 9.17) is 4.74 Å². The van der Waals surface area contributed by atoms with E-state index >= 15 is 0 Å². The number of hydrogen-bond acceptors (Lipinski definition) is 4. The van der Waals surface area contributed by atoms with Gasteiger partial charge in [0, 0.05) is 18.0 Å². The predicted molar refractivity (Wildman–Crippen MR) is 109 cm³/mol. The van der Waals surface area contributed by atoms with E-state index in [1.807, 2.05) is 54.6 Å². The standard InChI is InChI=1S/C24H25NO3/c26-19-12-10-17(11-13-19)14-15-25-21-16-23(18-6-2-1-3-7-18)28-22-9-5-4-8-20(22)24(21)27/h1-13,21,23-27H,14-16H2. The molecule has 0 aromatic heterocycles. The maximum absolute atomic E-state index is 11.0. The molecule has 1 aliphatic rings. The van der Waals surface area contributed by atoms with Crippen molar-refractivity contribution >= 4 is 0 Å². The van der Waals surface area contributed by atoms with Crippen LogP contribution in [0.25, 0.3) is 0 Å². The fourth-order valence-corrected chi connectivity index (χ4v) is 3.74. The molecule has 28 heavy (non-hydrogen) atoms. The zero-order valence-corrected chi connectivity index (χ0v) is 15.7. The largest absolute Gasteiger partial charge is 0.508 e. The summed E-state index contributed by atoms with van der Waals surface area (Å²) in [5, 5.41) is 24.0. The van der Waals surface area contributed by atoms with Gasteiger partial charge in [0.1, 0.15) is 17.6 Å². The molecular formula is C24H25NO3. The van der Waals surface area contributed by atoms with Crippen molar-refractivity contribution < 1.29 is 14.9 Å². The molecule has 1 heterocycles. The van der Waals surface area contributed by atoms with E-state index in [2.05, 4.69) is 17.4 Å². The minimum atomic E-state index is -0.635. The van der Waals surface area contributed by atoms with Crippen LogP contribution in [0.4, 0.5) is 0 Å². The second kappa shape index (κ2) is 8.46. The van der Waals surface area contributed by atoms with Gasteiger partial charge < -0.3 is 20.3 Å². The molecule has 0 fully saturated rings. The maximum atomic E-state index is 11.0. The van der Waals surface area contributed by atoms with Crippen molar-refractivity contribution in [3.05, 3.63) is 95.6 Å². The first-order chi connectivity index (χ1) is 13.7. The van der Waals surface area contributed by atoms with Gasteiger partial charge in [-0.05, 0) is 42.3 Å². The number of phenols is 1. The quantitative estimate of drug-likeness (QED) is 0.627. The molecule has 0 spiro atoms. The van der Waals surface area contributed by atoms with Crippen LogP contribution in [0, 0.1) is 0 Å². The van der Waals surface area contributed by atoms with Crippen molar-refractivity contribution in [2.45, 2.75) is 31.1 Å². The Kier molecular flexibility index (Phi) is 5.60. The molecule has 0 aliphatic carbocycles. The van der Waals surface area contributed by atoms with E-state index in [0.717, 1.165) is 35.4 Å². The second-order valence-electron chi connectivity index (χ2n) is 7.21. The number of rotatable bonds is 5. The Morgan fingerprint density at radius 2 is 1.61 bits per heavy atom. The molecule has 1 aliphatic heterocycles. The average Bonchev–Trinajstić information content (AvgIpc) is 2.87. The number of aromatic hydroxyl groups is 1. The zero-order chi connectivity index (χ0) is 19.3. The van der Waals surface area contributed by atoms with Gasteiger partial charge in [-0.3, -0.25) is 0 Å². The topological polar surface area (TPSA) is 61.7 Å². The molecule has 0 saturated carbocycles. The summed E-state index contributed by atoms with van der Waals surface area (Å²) < 4.78 is 6.29. The highest BCUT2D eigenvalue weighted by Crippen LogP contribution is 2.38. The molecule has 4 nitrogen and oxygen atoms in total. The lowest BCUT2D eigenvalue weighted by Gasteiger charge is -2.24. The molecule has 0 radical (unpaired) electrons. The summed E-state index contributed by atoms with van der Waals surface area (Å²) in [6.07, 6.45) is 0.743. The summed E-state index contributed by atoms with van der Waals surface area (Å²) in [7, 11) is 0. The summed E-state index contributed by atoms with van der Waals surface area (Å²) >= 11 is 0. The van der Waals surface area contributed by atoms with Crippen LogP contribution in [-0.2, 0) is 6.42 Å². The molecule has 0 amide bonds. The summed E-state index contributed by atoms with van der Waals surface area (Å²) in [6, 6.07) is 25.0. The minimum Gasteiger partial charge on any atom is -0.508 e. The highest BCUT2D eigenvalue weighted by molar-refractivity contribution is 5.38. The summed E-state index contributed by atoms with van der Waals surface area (Å²) in [6.45, 7) is 0.732. The number of fused-ring (bicyclic) bond motifs is 1. The lowest BCUT2D eigenvalue weighted by molar-refractivity contribution is 0.112. The van der Waals surface area contributed by atoms with Crippen LogP contribution >= 0.6 is 0 Å². The minimum absolute atomic E-state index is 0.119. The predicted octanol–water partition coefficient (Wildman–Crippen LogP) is 4.15. The SMILES string of the molecule is Oc1ccc(CCNC2CC(c3ccccc3)Oc3ccccc3C2O)cc1. The Hall–Kier alpha value is -2.82. The molecule has 3 aromatic carbocycles. The van der Waals surface area contributed by atoms with E-state index in [9.17, 15) is 10.2 Å². The first-order valence-corrected chi connectivity index (χ1v) is 9.70. The molecule has 3 aromatic rings. The highest BCUT2D eigenvalue weighted by atomic mass is 16.5. The molecular weight excluding hydrogens is 350 g/mol. The summed E-state index contributed by atoms with van der Waals surface area (Å²) in [5.41, 5.74) is 3.07. The van der Waals surface area contributed by atoms with Crippen LogP contribution in [0.5, 0.6) is 11.5 Å². The van der Waals surface area contributed by atoms with E-state index in [-0.39, 0.29) is 17.9 Å². The molecule has 0 bridgehead atoms. The Bertz CT molecular complexity index is 895. The van der Waals surface area contributed by atoms with Gasteiger partial charge in [-0.1, -0.05) is 60.7 Å². The van der Waals surface area contributed by atoms with Crippen LogP contribution in [0.15, 0.2) is 78.9 Å². The third-order valence-electron chi connectivity index (χ3n) is 5.28. The smallest absolute Gasteiger partial charge is 0.126 e. The average molecular weight is 375 g/mol. The first-order valence-electron chi connectivity index (χ1n) is 9.70. The Balaban J connectivity index is 1.52. The number of phenolic OH excluding ortho intramolecular Hbond substituents is 1. The van der Waals surface area contributed by atoms with Crippen molar-refractivity contribution in [3.63, 3.8) is 0 Å². The molecule has 3 unspecified atom stereocenters. The fraction of sp³-hybridized carbons (Fsp3) is 0.250. The molecule has 4 heteroatoms. The number of para-hydroxylation sites is 1. The van der Waals surface area contributed by atoms with Crippen LogP contribution in [0.3, 0.4) is 0 Å².